The van der Waals surface area contributed by atoms with E-state index < -0.39 is 6.10 Å². The van der Waals surface area contributed by atoms with Crippen molar-refractivity contribution in [2.75, 3.05) is 32.7 Å². The normalized spacial score (nSPS) is 18.4. The summed E-state index contributed by atoms with van der Waals surface area (Å²) in [6.45, 7) is 4.38. The van der Waals surface area contributed by atoms with Crippen molar-refractivity contribution in [1.29, 1.82) is 0 Å². The molecule has 4 rings (SSSR count). The molecule has 1 unspecified atom stereocenters. The van der Waals surface area contributed by atoms with E-state index in [2.05, 4.69) is 44.8 Å². The molecule has 30 heavy (non-hydrogen) atoms. The molecule has 1 amide bonds. The Kier molecular flexibility index (Phi) is 6.94. The fourth-order valence-electron chi connectivity index (χ4n) is 4.10. The maximum Gasteiger partial charge on any atom is 0.253 e. The first kappa shape index (κ1) is 20.8. The van der Waals surface area contributed by atoms with Gasteiger partial charge in [0.25, 0.3) is 5.91 Å². The number of rotatable bonds is 7. The predicted molar refractivity (Wildman–Crippen MR) is 115 cm³/mol. The molecule has 1 atom stereocenters. The number of carbonyl (C=O) groups is 1. The highest BCUT2D eigenvalue weighted by atomic mass is 16.5. The number of benzene rings is 1. The third-order valence-electron chi connectivity index (χ3n) is 5.74. The molecule has 3 N–H and O–H groups in total. The van der Waals surface area contributed by atoms with Gasteiger partial charge in [0.15, 0.2) is 0 Å². The van der Waals surface area contributed by atoms with Crippen LogP contribution >= 0.6 is 0 Å². The van der Waals surface area contributed by atoms with Crippen LogP contribution in [-0.2, 0) is 13.0 Å². The fourth-order valence-corrected chi connectivity index (χ4v) is 4.10. The highest BCUT2D eigenvalue weighted by molar-refractivity contribution is 5.94. The Hall–Kier alpha value is -2.48. The Labute approximate surface area is 177 Å². The van der Waals surface area contributed by atoms with Crippen LogP contribution in [0.5, 0.6) is 5.75 Å². The second kappa shape index (κ2) is 10.0. The Morgan fingerprint density at radius 1 is 1.27 bits per heavy atom. The number of β-amino-alcohol motifs (C(OH)–C–C–N with tert-alkyl or cyclic N) is 1. The van der Waals surface area contributed by atoms with Crippen molar-refractivity contribution in [2.45, 2.75) is 38.0 Å². The SMILES string of the molecule is O=C(NCC(O)CN1CCc2ccccc2C1)c1cncc(OC2CCNCC2)c1. The number of ether oxygens (including phenoxy) is 1. The van der Waals surface area contributed by atoms with E-state index in [-0.39, 0.29) is 18.6 Å². The standard InChI is InChI=1S/C23H30N4O3/c28-20(16-27-10-7-17-3-1-2-4-18(17)15-27)13-26-23(29)19-11-22(14-25-12-19)30-21-5-8-24-9-6-21/h1-4,11-12,14,20-21,24,28H,5-10,13,15-16H2,(H,26,29). The van der Waals surface area contributed by atoms with E-state index in [0.29, 0.717) is 17.9 Å². The molecule has 1 aromatic carbocycles. The molecule has 7 heteroatoms. The van der Waals surface area contributed by atoms with Gasteiger partial charge < -0.3 is 20.5 Å². The maximum absolute atomic E-state index is 12.5. The van der Waals surface area contributed by atoms with Gasteiger partial charge in [-0.3, -0.25) is 14.7 Å². The molecule has 0 bridgehead atoms. The molecule has 7 nitrogen and oxygen atoms in total. The largest absolute Gasteiger partial charge is 0.489 e. The van der Waals surface area contributed by atoms with Crippen LogP contribution in [0.15, 0.2) is 42.7 Å². The van der Waals surface area contributed by atoms with Crippen LogP contribution in [-0.4, -0.2) is 65.8 Å². The maximum atomic E-state index is 12.5. The van der Waals surface area contributed by atoms with Gasteiger partial charge >= 0.3 is 0 Å². The summed E-state index contributed by atoms with van der Waals surface area (Å²) >= 11 is 0. The molecule has 1 saturated heterocycles. The molecule has 0 spiro atoms. The summed E-state index contributed by atoms with van der Waals surface area (Å²) in [5, 5.41) is 16.5. The number of carbonyl (C=O) groups excluding carboxylic acids is 1. The molecule has 3 heterocycles. The van der Waals surface area contributed by atoms with E-state index in [0.717, 1.165) is 45.4 Å². The highest BCUT2D eigenvalue weighted by Crippen LogP contribution is 2.19. The lowest BCUT2D eigenvalue weighted by Gasteiger charge is -2.30. The highest BCUT2D eigenvalue weighted by Gasteiger charge is 2.19. The molecule has 2 aromatic rings. The summed E-state index contributed by atoms with van der Waals surface area (Å²) < 4.78 is 5.96. The van der Waals surface area contributed by atoms with Crippen LogP contribution in [0.1, 0.15) is 34.3 Å². The quantitative estimate of drug-likeness (QED) is 0.639. The van der Waals surface area contributed by atoms with Gasteiger partial charge in [0.1, 0.15) is 11.9 Å². The molecule has 2 aliphatic heterocycles. The van der Waals surface area contributed by atoms with Crippen LogP contribution in [0.4, 0.5) is 0 Å². The third kappa shape index (κ3) is 5.56. The number of aromatic nitrogens is 1. The van der Waals surface area contributed by atoms with E-state index in [1.165, 1.54) is 17.3 Å². The number of aliphatic hydroxyl groups excluding tert-OH is 1. The predicted octanol–water partition coefficient (Wildman–Crippen LogP) is 1.36. The average Bonchev–Trinajstić information content (AvgIpc) is 2.78. The lowest BCUT2D eigenvalue weighted by molar-refractivity contribution is 0.0840. The number of nitrogens with one attached hydrogen (secondary N) is 2. The van der Waals surface area contributed by atoms with E-state index in [9.17, 15) is 9.90 Å². The van der Waals surface area contributed by atoms with Crippen molar-refractivity contribution in [1.82, 2.24) is 20.5 Å². The topological polar surface area (TPSA) is 86.7 Å². The second-order valence-corrected chi connectivity index (χ2v) is 8.09. The molecule has 1 aromatic heterocycles. The molecule has 0 saturated carbocycles. The lowest BCUT2D eigenvalue weighted by atomic mass is 10.00. The minimum Gasteiger partial charge on any atom is -0.489 e. The molecule has 2 aliphatic rings. The molecule has 0 radical (unpaired) electrons. The van der Waals surface area contributed by atoms with E-state index >= 15 is 0 Å². The van der Waals surface area contributed by atoms with Crippen LogP contribution in [0.3, 0.4) is 0 Å². The summed E-state index contributed by atoms with van der Waals surface area (Å²) in [5.41, 5.74) is 3.15. The zero-order valence-electron chi connectivity index (χ0n) is 17.2. The molecule has 0 aliphatic carbocycles. The number of hydrogen-bond donors (Lipinski definition) is 3. The summed E-state index contributed by atoms with van der Waals surface area (Å²) in [4.78, 5) is 18.9. The summed E-state index contributed by atoms with van der Waals surface area (Å²) in [7, 11) is 0. The van der Waals surface area contributed by atoms with Gasteiger partial charge in [-0.15, -0.1) is 0 Å². The number of nitrogens with zero attached hydrogens (tertiary/aromatic N) is 2. The number of fused-ring (bicyclic) bond motifs is 1. The first-order valence-electron chi connectivity index (χ1n) is 10.8. The smallest absolute Gasteiger partial charge is 0.253 e. The Morgan fingerprint density at radius 3 is 2.90 bits per heavy atom. The minimum atomic E-state index is -0.624. The van der Waals surface area contributed by atoms with E-state index in [1.807, 2.05) is 0 Å². The van der Waals surface area contributed by atoms with Crippen molar-refractivity contribution in [3.63, 3.8) is 0 Å². The van der Waals surface area contributed by atoms with Gasteiger partial charge in [0.2, 0.25) is 0 Å². The van der Waals surface area contributed by atoms with Crippen LogP contribution < -0.4 is 15.4 Å². The van der Waals surface area contributed by atoms with Gasteiger partial charge in [-0.05, 0) is 49.5 Å². The summed E-state index contributed by atoms with van der Waals surface area (Å²) in [5.74, 6) is 0.364. The third-order valence-corrected chi connectivity index (χ3v) is 5.74. The van der Waals surface area contributed by atoms with Gasteiger partial charge in [0.05, 0.1) is 17.9 Å². The van der Waals surface area contributed by atoms with Gasteiger partial charge in [-0.25, -0.2) is 0 Å². The van der Waals surface area contributed by atoms with Crippen molar-refractivity contribution in [3.05, 3.63) is 59.4 Å². The first-order chi connectivity index (χ1) is 14.7. The number of hydrogen-bond acceptors (Lipinski definition) is 6. The van der Waals surface area contributed by atoms with Crippen LogP contribution in [0.2, 0.25) is 0 Å². The van der Waals surface area contributed by atoms with Gasteiger partial charge in [-0.1, -0.05) is 24.3 Å². The Bertz CT molecular complexity index is 854. The average molecular weight is 411 g/mol. The zero-order valence-corrected chi connectivity index (χ0v) is 17.2. The lowest BCUT2D eigenvalue weighted by Crippen LogP contribution is -2.42. The van der Waals surface area contributed by atoms with E-state index in [4.69, 9.17) is 4.74 Å². The Balaban J connectivity index is 1.24. The van der Waals surface area contributed by atoms with Crippen molar-refractivity contribution >= 4 is 5.91 Å². The fraction of sp³-hybridized carbons (Fsp3) is 0.478. The van der Waals surface area contributed by atoms with Gasteiger partial charge in [0, 0.05) is 32.4 Å². The Morgan fingerprint density at radius 2 is 2.07 bits per heavy atom. The number of pyridine rings is 1. The monoisotopic (exact) mass is 410 g/mol. The van der Waals surface area contributed by atoms with Crippen molar-refractivity contribution in [3.8, 4) is 5.75 Å². The van der Waals surface area contributed by atoms with Crippen LogP contribution in [0, 0.1) is 0 Å². The van der Waals surface area contributed by atoms with Gasteiger partial charge in [-0.2, -0.15) is 0 Å². The molecular weight excluding hydrogens is 380 g/mol. The number of aliphatic hydroxyl groups is 1. The molecule has 160 valence electrons. The minimum absolute atomic E-state index is 0.155. The molecular formula is C23H30N4O3. The summed E-state index contributed by atoms with van der Waals surface area (Å²) in [6.07, 6.45) is 5.59. The second-order valence-electron chi connectivity index (χ2n) is 8.09. The first-order valence-corrected chi connectivity index (χ1v) is 10.8. The molecule has 1 fully saturated rings. The van der Waals surface area contributed by atoms with E-state index in [1.54, 1.807) is 12.3 Å². The van der Waals surface area contributed by atoms with Crippen molar-refractivity contribution < 1.29 is 14.6 Å². The van der Waals surface area contributed by atoms with Crippen LogP contribution in [0.25, 0.3) is 0 Å². The summed E-state index contributed by atoms with van der Waals surface area (Å²) in [6, 6.07) is 10.1. The van der Waals surface area contributed by atoms with Crippen molar-refractivity contribution in [2.24, 2.45) is 0 Å². The number of piperidine rings is 1. The zero-order chi connectivity index (χ0) is 20.8. The number of amides is 1.